The van der Waals surface area contributed by atoms with Gasteiger partial charge in [0.05, 0.1) is 0 Å². The van der Waals surface area contributed by atoms with E-state index in [9.17, 15) is 9.59 Å². The topological polar surface area (TPSA) is 83.6 Å². The Balaban J connectivity index is 2.87. The van der Waals surface area contributed by atoms with Crippen LogP contribution in [-0.2, 0) is 11.3 Å². The van der Waals surface area contributed by atoms with E-state index in [0.29, 0.717) is 6.42 Å². The highest BCUT2D eigenvalue weighted by Gasteiger charge is 2.26. The van der Waals surface area contributed by atoms with Crippen molar-refractivity contribution < 1.29 is 14.7 Å². The fourth-order valence-corrected chi connectivity index (χ4v) is 1.67. The Hall–Kier alpha value is -2.04. The van der Waals surface area contributed by atoms with Crippen LogP contribution in [0, 0.1) is 0 Å². The zero-order chi connectivity index (χ0) is 12.8. The van der Waals surface area contributed by atoms with Crippen LogP contribution in [0.4, 0.5) is 4.79 Å². The lowest BCUT2D eigenvalue weighted by Crippen LogP contribution is -2.46. The number of nitrogens with zero attached hydrogens (tertiary/aromatic N) is 1. The molecule has 2 amide bonds. The van der Waals surface area contributed by atoms with Crippen molar-refractivity contribution in [1.29, 1.82) is 0 Å². The van der Waals surface area contributed by atoms with Crippen LogP contribution in [0.2, 0.25) is 0 Å². The molecule has 1 unspecified atom stereocenters. The maximum absolute atomic E-state index is 11.2. The number of primary amides is 1. The van der Waals surface area contributed by atoms with Crippen molar-refractivity contribution in [2.75, 3.05) is 0 Å². The Labute approximate surface area is 99.8 Å². The van der Waals surface area contributed by atoms with Crippen molar-refractivity contribution >= 4 is 12.0 Å². The molecule has 0 radical (unpaired) electrons. The van der Waals surface area contributed by atoms with Gasteiger partial charge < -0.3 is 10.8 Å². The number of benzene rings is 1. The molecule has 0 aromatic heterocycles. The summed E-state index contributed by atoms with van der Waals surface area (Å²) in [6.45, 7) is 1.90. The van der Waals surface area contributed by atoms with Crippen molar-refractivity contribution in [3.05, 3.63) is 35.9 Å². The molecule has 1 rings (SSSR count). The minimum absolute atomic E-state index is 0.164. The Morgan fingerprint density at radius 1 is 1.35 bits per heavy atom. The van der Waals surface area contributed by atoms with E-state index in [1.807, 2.05) is 30.3 Å². The highest BCUT2D eigenvalue weighted by molar-refractivity contribution is 5.83. The Morgan fingerprint density at radius 2 is 1.94 bits per heavy atom. The number of carbonyl (C=O) groups is 2. The SMILES string of the molecule is CCC(C(N)=O)N(Cc1ccccc1)C(=O)O. The van der Waals surface area contributed by atoms with Crippen molar-refractivity contribution in [3.8, 4) is 0 Å². The second-order valence-corrected chi connectivity index (χ2v) is 3.72. The number of nitrogens with two attached hydrogens (primary N) is 1. The number of carbonyl (C=O) groups excluding carboxylic acids is 1. The van der Waals surface area contributed by atoms with Crippen LogP contribution in [-0.4, -0.2) is 28.0 Å². The van der Waals surface area contributed by atoms with Crippen LogP contribution in [0.15, 0.2) is 30.3 Å². The molecule has 92 valence electrons. The Morgan fingerprint density at radius 3 is 2.35 bits per heavy atom. The molecular weight excluding hydrogens is 220 g/mol. The molecule has 3 N–H and O–H groups in total. The third-order valence-electron chi connectivity index (χ3n) is 2.53. The number of hydrogen-bond acceptors (Lipinski definition) is 2. The molecule has 5 nitrogen and oxygen atoms in total. The maximum atomic E-state index is 11.2. The van der Waals surface area contributed by atoms with E-state index in [1.165, 1.54) is 0 Å². The predicted octanol–water partition coefficient (Wildman–Crippen LogP) is 1.43. The minimum atomic E-state index is -1.14. The molecule has 0 bridgehead atoms. The smallest absolute Gasteiger partial charge is 0.408 e. The second-order valence-electron chi connectivity index (χ2n) is 3.72. The van der Waals surface area contributed by atoms with E-state index in [4.69, 9.17) is 10.8 Å². The van der Waals surface area contributed by atoms with Gasteiger partial charge >= 0.3 is 6.09 Å². The molecule has 0 heterocycles. The lowest BCUT2D eigenvalue weighted by Gasteiger charge is -2.26. The Kier molecular flexibility index (Phi) is 4.51. The highest BCUT2D eigenvalue weighted by Crippen LogP contribution is 2.11. The summed E-state index contributed by atoms with van der Waals surface area (Å²) < 4.78 is 0. The van der Waals surface area contributed by atoms with Gasteiger partial charge in [0.2, 0.25) is 5.91 Å². The molecule has 17 heavy (non-hydrogen) atoms. The summed E-state index contributed by atoms with van der Waals surface area (Å²) in [5.41, 5.74) is 6.02. The van der Waals surface area contributed by atoms with E-state index in [0.717, 1.165) is 10.5 Å². The maximum Gasteiger partial charge on any atom is 0.408 e. The third-order valence-corrected chi connectivity index (χ3v) is 2.53. The van der Waals surface area contributed by atoms with E-state index in [-0.39, 0.29) is 6.54 Å². The van der Waals surface area contributed by atoms with Gasteiger partial charge in [-0.25, -0.2) is 4.79 Å². The van der Waals surface area contributed by atoms with Crippen molar-refractivity contribution in [3.63, 3.8) is 0 Å². The van der Waals surface area contributed by atoms with Crippen LogP contribution in [0.5, 0.6) is 0 Å². The fraction of sp³-hybridized carbons (Fsp3) is 0.333. The van der Waals surface area contributed by atoms with Gasteiger partial charge in [-0.05, 0) is 12.0 Å². The summed E-state index contributed by atoms with van der Waals surface area (Å²) >= 11 is 0. The molecule has 0 saturated heterocycles. The standard InChI is InChI=1S/C12H16N2O3/c1-2-10(11(13)15)14(12(16)17)8-9-6-4-3-5-7-9/h3-7,10H,2,8H2,1H3,(H2,13,15)(H,16,17). The normalized spacial score (nSPS) is 11.8. The average Bonchev–Trinajstić information content (AvgIpc) is 2.29. The zero-order valence-corrected chi connectivity index (χ0v) is 9.67. The molecule has 0 aliphatic carbocycles. The zero-order valence-electron chi connectivity index (χ0n) is 9.67. The number of carboxylic acid groups (broad SMARTS) is 1. The molecule has 0 saturated carbocycles. The quantitative estimate of drug-likeness (QED) is 0.811. The first-order chi connectivity index (χ1) is 8.06. The van der Waals surface area contributed by atoms with Crippen LogP contribution < -0.4 is 5.73 Å². The number of amides is 2. The molecule has 0 aliphatic rings. The van der Waals surface area contributed by atoms with E-state index < -0.39 is 18.0 Å². The number of rotatable bonds is 5. The van der Waals surface area contributed by atoms with Crippen molar-refractivity contribution in [1.82, 2.24) is 4.90 Å². The predicted molar refractivity (Wildman–Crippen MR) is 63.3 cm³/mol. The second kappa shape index (κ2) is 5.89. The van der Waals surface area contributed by atoms with E-state index in [1.54, 1.807) is 6.92 Å². The van der Waals surface area contributed by atoms with Gasteiger partial charge in [-0.2, -0.15) is 0 Å². The largest absolute Gasteiger partial charge is 0.465 e. The van der Waals surface area contributed by atoms with Crippen molar-refractivity contribution in [2.45, 2.75) is 25.9 Å². The van der Waals surface area contributed by atoms with Gasteiger partial charge in [-0.1, -0.05) is 37.3 Å². The van der Waals surface area contributed by atoms with Gasteiger partial charge in [-0.3, -0.25) is 9.69 Å². The molecular formula is C12H16N2O3. The number of hydrogen-bond donors (Lipinski definition) is 2. The van der Waals surface area contributed by atoms with Gasteiger partial charge in [0.25, 0.3) is 0 Å². The summed E-state index contributed by atoms with van der Waals surface area (Å²) in [6.07, 6.45) is -0.770. The van der Waals surface area contributed by atoms with Crippen LogP contribution in [0.25, 0.3) is 0 Å². The minimum Gasteiger partial charge on any atom is -0.465 e. The molecule has 0 aliphatic heterocycles. The third kappa shape index (κ3) is 3.48. The van der Waals surface area contributed by atoms with E-state index in [2.05, 4.69) is 0 Å². The molecule has 1 aromatic carbocycles. The van der Waals surface area contributed by atoms with Crippen molar-refractivity contribution in [2.24, 2.45) is 5.73 Å². The first kappa shape index (κ1) is 13.0. The van der Waals surface area contributed by atoms with E-state index >= 15 is 0 Å². The molecule has 1 aromatic rings. The molecule has 1 atom stereocenters. The molecule has 0 fully saturated rings. The average molecular weight is 236 g/mol. The lowest BCUT2D eigenvalue weighted by atomic mass is 10.1. The molecule has 5 heteroatoms. The lowest BCUT2D eigenvalue weighted by molar-refractivity contribution is -0.123. The van der Waals surface area contributed by atoms with Gasteiger partial charge in [0, 0.05) is 6.54 Å². The Bertz CT molecular complexity index is 392. The monoisotopic (exact) mass is 236 g/mol. The first-order valence-corrected chi connectivity index (χ1v) is 5.39. The summed E-state index contributed by atoms with van der Waals surface area (Å²) in [5.74, 6) is -0.620. The summed E-state index contributed by atoms with van der Waals surface area (Å²) in [4.78, 5) is 23.4. The van der Waals surface area contributed by atoms with Crippen LogP contribution >= 0.6 is 0 Å². The summed E-state index contributed by atoms with van der Waals surface area (Å²) in [7, 11) is 0. The van der Waals surface area contributed by atoms with Crippen LogP contribution in [0.3, 0.4) is 0 Å². The van der Waals surface area contributed by atoms with Crippen LogP contribution in [0.1, 0.15) is 18.9 Å². The van der Waals surface area contributed by atoms with Gasteiger partial charge in [0.15, 0.2) is 0 Å². The van der Waals surface area contributed by atoms with Gasteiger partial charge in [0.1, 0.15) is 6.04 Å². The summed E-state index contributed by atoms with van der Waals surface area (Å²) in [6, 6.07) is 8.32. The van der Waals surface area contributed by atoms with Gasteiger partial charge in [-0.15, -0.1) is 0 Å². The molecule has 0 spiro atoms. The first-order valence-electron chi connectivity index (χ1n) is 5.39. The summed E-state index contributed by atoms with van der Waals surface area (Å²) in [5, 5.41) is 9.10. The highest BCUT2D eigenvalue weighted by atomic mass is 16.4. The fourth-order valence-electron chi connectivity index (χ4n) is 1.67.